The van der Waals surface area contributed by atoms with Crippen LogP contribution < -0.4 is 13.8 Å². The first-order valence-electron chi connectivity index (χ1n) is 11.4. The van der Waals surface area contributed by atoms with Crippen LogP contribution in [0.1, 0.15) is 30.0 Å². The number of anilines is 1. The summed E-state index contributed by atoms with van der Waals surface area (Å²) in [6.07, 6.45) is 4.05. The number of benzene rings is 3. The molecular weight excluding hydrogens is 504 g/mol. The van der Waals surface area contributed by atoms with E-state index in [0.717, 1.165) is 22.8 Å². The van der Waals surface area contributed by atoms with Crippen LogP contribution in [0.5, 0.6) is 11.5 Å². The number of alkyl halides is 2. The number of aryl methyl sites for hydroxylation is 1. The van der Waals surface area contributed by atoms with Gasteiger partial charge in [0.05, 0.1) is 17.1 Å². The maximum absolute atomic E-state index is 13.3. The molecule has 196 valence electrons. The van der Waals surface area contributed by atoms with Crippen LogP contribution in [0.4, 0.5) is 14.5 Å². The molecular formula is C27H27F2NO6S. The molecule has 37 heavy (non-hydrogen) atoms. The Bertz CT molecular complexity index is 1360. The zero-order valence-electron chi connectivity index (χ0n) is 20.3. The molecule has 1 N–H and O–H groups in total. The number of sulfonamides is 1. The Morgan fingerprint density at radius 2 is 1.73 bits per heavy atom. The number of halogens is 2. The third-order valence-corrected chi connectivity index (χ3v) is 7.08. The van der Waals surface area contributed by atoms with Gasteiger partial charge in [-0.15, -0.1) is 0 Å². The van der Waals surface area contributed by atoms with Gasteiger partial charge in [0, 0.05) is 12.5 Å². The average molecular weight is 532 g/mol. The van der Waals surface area contributed by atoms with E-state index in [4.69, 9.17) is 9.84 Å². The topological polar surface area (TPSA) is 93.1 Å². The third-order valence-electron chi connectivity index (χ3n) is 5.27. The number of carboxylic acid groups (broad SMARTS) is 1. The molecule has 0 saturated heterocycles. The lowest BCUT2D eigenvalue weighted by molar-refractivity contribution is -0.136. The lowest BCUT2D eigenvalue weighted by Gasteiger charge is -2.30. The summed E-state index contributed by atoms with van der Waals surface area (Å²) in [5, 5.41) is 7.72. The molecule has 0 aliphatic carbocycles. The van der Waals surface area contributed by atoms with E-state index in [1.54, 1.807) is 19.1 Å². The standard InChI is InChI=1S/C24H21F2NO4S.C3H6O2/c1-17-5-7-18(8-6-17)9-10-19-11-12-23-22(15-19)27(13-14-30-23)32(28,29)21-4-2-3-20(16-21)31-24(25)26;1-2-3(4)5/h2-12,15-16,24H,13-14H2,1H3;2H2,1H3,(H,4,5)/b10-9+;. The Morgan fingerprint density at radius 1 is 1.08 bits per heavy atom. The molecule has 1 aliphatic rings. The van der Waals surface area contributed by atoms with Crippen molar-refractivity contribution in [3.63, 3.8) is 0 Å². The maximum atomic E-state index is 13.3. The molecule has 1 heterocycles. The Kier molecular flexibility index (Phi) is 9.24. The molecule has 0 fully saturated rings. The molecule has 1 aliphatic heterocycles. The van der Waals surface area contributed by atoms with Crippen molar-refractivity contribution in [1.29, 1.82) is 0 Å². The molecule has 3 aromatic rings. The normalized spacial score (nSPS) is 12.9. The fraction of sp³-hybridized carbons (Fsp3) is 0.222. The predicted molar refractivity (Wildman–Crippen MR) is 138 cm³/mol. The Balaban J connectivity index is 0.000000695. The highest BCUT2D eigenvalue weighted by Gasteiger charge is 2.30. The predicted octanol–water partition coefficient (Wildman–Crippen LogP) is 5.84. The Labute approximate surface area is 214 Å². The van der Waals surface area contributed by atoms with E-state index in [-0.39, 0.29) is 30.2 Å². The molecule has 0 spiro atoms. The van der Waals surface area contributed by atoms with Gasteiger partial charge in [-0.05, 0) is 42.3 Å². The van der Waals surface area contributed by atoms with Crippen molar-refractivity contribution in [1.82, 2.24) is 0 Å². The van der Waals surface area contributed by atoms with Crippen LogP contribution in [0.15, 0.2) is 71.6 Å². The van der Waals surface area contributed by atoms with Gasteiger partial charge >= 0.3 is 12.6 Å². The number of carbonyl (C=O) groups is 1. The van der Waals surface area contributed by atoms with E-state index in [0.29, 0.717) is 11.4 Å². The Hall–Kier alpha value is -3.92. The summed E-state index contributed by atoms with van der Waals surface area (Å²) < 4.78 is 63.0. The fourth-order valence-electron chi connectivity index (χ4n) is 3.37. The molecule has 0 aromatic heterocycles. The quantitative estimate of drug-likeness (QED) is 0.386. The van der Waals surface area contributed by atoms with E-state index in [2.05, 4.69) is 4.74 Å². The first-order chi connectivity index (χ1) is 17.6. The highest BCUT2D eigenvalue weighted by molar-refractivity contribution is 7.92. The lowest BCUT2D eigenvalue weighted by Crippen LogP contribution is -2.38. The Morgan fingerprint density at radius 3 is 2.38 bits per heavy atom. The molecule has 0 amide bonds. The van der Waals surface area contributed by atoms with Gasteiger partial charge in [-0.3, -0.25) is 9.10 Å². The van der Waals surface area contributed by atoms with Crippen LogP contribution in [0.3, 0.4) is 0 Å². The summed E-state index contributed by atoms with van der Waals surface area (Å²) >= 11 is 0. The zero-order chi connectivity index (χ0) is 27.0. The molecule has 0 radical (unpaired) electrons. The summed E-state index contributed by atoms with van der Waals surface area (Å²) in [5.74, 6) is -0.526. The number of ether oxygens (including phenoxy) is 2. The minimum Gasteiger partial charge on any atom is -0.489 e. The fourth-order valence-corrected chi connectivity index (χ4v) is 4.86. The van der Waals surface area contributed by atoms with Crippen LogP contribution in [-0.2, 0) is 14.8 Å². The average Bonchev–Trinajstić information content (AvgIpc) is 2.88. The van der Waals surface area contributed by atoms with Crippen molar-refractivity contribution in [3.8, 4) is 11.5 Å². The molecule has 0 bridgehead atoms. The van der Waals surface area contributed by atoms with Gasteiger partial charge < -0.3 is 14.6 Å². The first-order valence-corrected chi connectivity index (χ1v) is 12.8. The number of carboxylic acids is 1. The second kappa shape index (κ2) is 12.4. The number of rotatable bonds is 7. The van der Waals surface area contributed by atoms with Gasteiger partial charge in [0.1, 0.15) is 18.1 Å². The third kappa shape index (κ3) is 7.53. The highest BCUT2D eigenvalue weighted by atomic mass is 32.2. The summed E-state index contributed by atoms with van der Waals surface area (Å²) in [6.45, 7) is 0.849. The van der Waals surface area contributed by atoms with Crippen molar-refractivity contribution < 1.29 is 36.6 Å². The monoisotopic (exact) mass is 531 g/mol. The smallest absolute Gasteiger partial charge is 0.387 e. The van der Waals surface area contributed by atoms with Crippen molar-refractivity contribution in [2.75, 3.05) is 17.5 Å². The second-order valence-electron chi connectivity index (χ2n) is 8.00. The lowest BCUT2D eigenvalue weighted by atomic mass is 10.1. The largest absolute Gasteiger partial charge is 0.489 e. The summed E-state index contributed by atoms with van der Waals surface area (Å²) in [7, 11) is -4.02. The molecule has 0 saturated carbocycles. The maximum Gasteiger partial charge on any atom is 0.387 e. The summed E-state index contributed by atoms with van der Waals surface area (Å²) in [5.41, 5.74) is 3.37. The number of hydrogen-bond donors (Lipinski definition) is 1. The highest BCUT2D eigenvalue weighted by Crippen LogP contribution is 2.37. The molecule has 0 atom stereocenters. The van der Waals surface area contributed by atoms with Crippen molar-refractivity contribution in [2.45, 2.75) is 31.8 Å². The molecule has 0 unspecified atom stereocenters. The van der Waals surface area contributed by atoms with E-state index in [1.807, 2.05) is 49.4 Å². The van der Waals surface area contributed by atoms with Gasteiger partial charge in [0.2, 0.25) is 0 Å². The van der Waals surface area contributed by atoms with Crippen molar-refractivity contribution in [2.24, 2.45) is 0 Å². The molecule has 7 nitrogen and oxygen atoms in total. The first kappa shape index (κ1) is 27.7. The molecule has 10 heteroatoms. The molecule has 3 aromatic carbocycles. The van der Waals surface area contributed by atoms with E-state index in [9.17, 15) is 22.0 Å². The zero-order valence-corrected chi connectivity index (χ0v) is 21.1. The van der Waals surface area contributed by atoms with E-state index in [1.165, 1.54) is 22.5 Å². The van der Waals surface area contributed by atoms with Gasteiger partial charge in [-0.25, -0.2) is 8.42 Å². The second-order valence-corrected chi connectivity index (χ2v) is 9.86. The van der Waals surface area contributed by atoms with Crippen LogP contribution >= 0.6 is 0 Å². The number of nitrogens with zero attached hydrogens (tertiary/aromatic N) is 1. The molecule has 4 rings (SSSR count). The van der Waals surface area contributed by atoms with Crippen molar-refractivity contribution >= 4 is 33.8 Å². The summed E-state index contributed by atoms with van der Waals surface area (Å²) in [4.78, 5) is 9.23. The van der Waals surface area contributed by atoms with Crippen LogP contribution in [0, 0.1) is 6.92 Å². The summed E-state index contributed by atoms with van der Waals surface area (Å²) in [6, 6.07) is 18.4. The van der Waals surface area contributed by atoms with Gasteiger partial charge in [0.15, 0.2) is 0 Å². The number of hydrogen-bond acceptors (Lipinski definition) is 5. The van der Waals surface area contributed by atoms with Gasteiger partial charge in [0.25, 0.3) is 10.0 Å². The minimum absolute atomic E-state index is 0.0976. The van der Waals surface area contributed by atoms with E-state index >= 15 is 0 Å². The number of aliphatic carboxylic acids is 1. The van der Waals surface area contributed by atoms with Crippen LogP contribution in [-0.4, -0.2) is 39.3 Å². The van der Waals surface area contributed by atoms with Crippen LogP contribution in [0.25, 0.3) is 12.2 Å². The minimum atomic E-state index is -4.02. The van der Waals surface area contributed by atoms with Crippen LogP contribution in [0.2, 0.25) is 0 Å². The van der Waals surface area contributed by atoms with E-state index < -0.39 is 22.6 Å². The van der Waals surface area contributed by atoms with Gasteiger partial charge in [-0.2, -0.15) is 8.78 Å². The van der Waals surface area contributed by atoms with Gasteiger partial charge in [-0.1, -0.05) is 61.0 Å². The number of fused-ring (bicyclic) bond motifs is 1. The SMILES string of the molecule is CCC(=O)O.Cc1ccc(/C=C/c2ccc3c(c2)N(S(=O)(=O)c2cccc(OC(F)F)c2)CCO3)cc1. The van der Waals surface area contributed by atoms with Crippen molar-refractivity contribution in [3.05, 3.63) is 83.4 Å².